The molecule has 2 N–H and O–H groups in total. The summed E-state index contributed by atoms with van der Waals surface area (Å²) >= 11 is 0. The first-order valence-corrected chi connectivity index (χ1v) is 7.72. The van der Waals surface area contributed by atoms with Crippen LogP contribution < -0.4 is 5.73 Å². The maximum atomic E-state index is 6.19. The lowest BCUT2D eigenvalue weighted by Gasteiger charge is -2.47. The summed E-state index contributed by atoms with van der Waals surface area (Å²) < 4.78 is 0. The Kier molecular flexibility index (Phi) is 3.64. The minimum absolute atomic E-state index is 0.198. The highest BCUT2D eigenvalue weighted by molar-refractivity contribution is 5.32. The molecule has 1 saturated carbocycles. The number of rotatable bonds is 4. The second-order valence-corrected chi connectivity index (χ2v) is 6.55. The molecule has 1 unspecified atom stereocenters. The zero-order valence-corrected chi connectivity index (χ0v) is 12.1. The maximum Gasteiger partial charge on any atom is 0.0372 e. The van der Waals surface area contributed by atoms with Gasteiger partial charge in [0.2, 0.25) is 0 Å². The number of hydrogen-bond donors (Lipinski definition) is 1. The normalized spacial score (nSPS) is 27.1. The van der Waals surface area contributed by atoms with Gasteiger partial charge in [-0.2, -0.15) is 0 Å². The number of nitrogens with zero attached hydrogens (tertiary/aromatic N) is 1. The van der Waals surface area contributed by atoms with E-state index in [4.69, 9.17) is 5.73 Å². The second kappa shape index (κ2) is 5.26. The van der Waals surface area contributed by atoms with Crippen molar-refractivity contribution < 1.29 is 0 Å². The second-order valence-electron chi connectivity index (χ2n) is 6.55. The van der Waals surface area contributed by atoms with Crippen LogP contribution in [0.2, 0.25) is 0 Å². The van der Waals surface area contributed by atoms with Gasteiger partial charge in [0.1, 0.15) is 0 Å². The first-order valence-electron chi connectivity index (χ1n) is 7.72. The summed E-state index contributed by atoms with van der Waals surface area (Å²) in [5.74, 6) is 0.922. The van der Waals surface area contributed by atoms with Crippen LogP contribution in [0.3, 0.4) is 0 Å². The number of aryl methyl sites for hydroxylation is 1. The Hall–Kier alpha value is -0.860. The number of benzene rings is 1. The van der Waals surface area contributed by atoms with Gasteiger partial charge in [-0.1, -0.05) is 30.7 Å². The van der Waals surface area contributed by atoms with Crippen molar-refractivity contribution in [3.63, 3.8) is 0 Å². The molecule has 2 aliphatic carbocycles. The van der Waals surface area contributed by atoms with Crippen LogP contribution in [0.15, 0.2) is 24.3 Å². The lowest BCUT2D eigenvalue weighted by atomic mass is 9.75. The molecule has 1 atom stereocenters. The molecule has 1 aromatic rings. The minimum atomic E-state index is 0.198. The van der Waals surface area contributed by atoms with Crippen LogP contribution in [0.4, 0.5) is 0 Å². The smallest absolute Gasteiger partial charge is 0.0372 e. The van der Waals surface area contributed by atoms with Crippen LogP contribution in [0.1, 0.15) is 36.8 Å². The van der Waals surface area contributed by atoms with Crippen LogP contribution in [0.25, 0.3) is 0 Å². The molecule has 0 saturated heterocycles. The van der Waals surface area contributed by atoms with Crippen LogP contribution in [0, 0.1) is 5.92 Å². The third-order valence-electron chi connectivity index (χ3n) is 5.44. The molecule has 0 heterocycles. The van der Waals surface area contributed by atoms with E-state index in [1.54, 1.807) is 0 Å². The van der Waals surface area contributed by atoms with Gasteiger partial charge in [0, 0.05) is 18.6 Å². The van der Waals surface area contributed by atoms with Crippen molar-refractivity contribution in [2.45, 2.75) is 44.1 Å². The van der Waals surface area contributed by atoms with Crippen molar-refractivity contribution in [1.82, 2.24) is 4.90 Å². The summed E-state index contributed by atoms with van der Waals surface area (Å²) in [6.45, 7) is 2.02. The van der Waals surface area contributed by atoms with E-state index in [1.807, 2.05) is 0 Å². The van der Waals surface area contributed by atoms with Gasteiger partial charge < -0.3 is 5.73 Å². The Morgan fingerprint density at radius 1 is 1.26 bits per heavy atom. The van der Waals surface area contributed by atoms with E-state index in [0.29, 0.717) is 0 Å². The van der Waals surface area contributed by atoms with Gasteiger partial charge >= 0.3 is 0 Å². The van der Waals surface area contributed by atoms with Crippen molar-refractivity contribution >= 4 is 0 Å². The standard InChI is InChI=1S/C17H26N2/c1-19(12-14-5-4-6-14)17(13-18)10-9-15-7-2-3-8-16(15)11-17/h2-3,7-8,14H,4-6,9-13,18H2,1H3. The fraction of sp³-hybridized carbons (Fsp3) is 0.647. The molecule has 3 rings (SSSR count). The molecule has 0 radical (unpaired) electrons. The fourth-order valence-electron chi connectivity index (χ4n) is 3.70. The van der Waals surface area contributed by atoms with Crippen molar-refractivity contribution in [2.24, 2.45) is 11.7 Å². The van der Waals surface area contributed by atoms with Crippen LogP contribution >= 0.6 is 0 Å². The summed E-state index contributed by atoms with van der Waals surface area (Å²) in [6, 6.07) is 8.89. The van der Waals surface area contributed by atoms with Crippen LogP contribution in [0.5, 0.6) is 0 Å². The molecular formula is C17H26N2. The van der Waals surface area contributed by atoms with E-state index in [1.165, 1.54) is 49.8 Å². The highest BCUT2D eigenvalue weighted by Gasteiger charge is 2.38. The Balaban J connectivity index is 1.76. The molecular weight excluding hydrogens is 232 g/mol. The van der Waals surface area contributed by atoms with E-state index in [0.717, 1.165) is 18.9 Å². The molecule has 2 nitrogen and oxygen atoms in total. The molecule has 0 spiro atoms. The predicted molar refractivity (Wildman–Crippen MR) is 80.2 cm³/mol. The molecule has 2 heteroatoms. The molecule has 1 fully saturated rings. The average Bonchev–Trinajstić information content (AvgIpc) is 2.42. The summed E-state index contributed by atoms with van der Waals surface area (Å²) in [6.07, 6.45) is 7.79. The topological polar surface area (TPSA) is 29.3 Å². The molecule has 2 aliphatic rings. The number of nitrogens with two attached hydrogens (primary N) is 1. The maximum absolute atomic E-state index is 6.19. The lowest BCUT2D eigenvalue weighted by Crippen LogP contribution is -2.57. The van der Waals surface area contributed by atoms with E-state index >= 15 is 0 Å². The number of hydrogen-bond acceptors (Lipinski definition) is 2. The molecule has 0 amide bonds. The SMILES string of the molecule is CN(CC1CCC1)C1(CN)CCc2ccccc2C1. The van der Waals surface area contributed by atoms with Gasteiger partial charge in [-0.05, 0) is 56.2 Å². The molecule has 0 aromatic heterocycles. The first kappa shape index (κ1) is 13.1. The zero-order chi connectivity index (χ0) is 13.3. The highest BCUT2D eigenvalue weighted by atomic mass is 15.2. The van der Waals surface area contributed by atoms with E-state index < -0.39 is 0 Å². The van der Waals surface area contributed by atoms with Gasteiger partial charge in [0.15, 0.2) is 0 Å². The summed E-state index contributed by atoms with van der Waals surface area (Å²) in [5, 5.41) is 0. The van der Waals surface area contributed by atoms with Gasteiger partial charge in [0.05, 0.1) is 0 Å². The van der Waals surface area contributed by atoms with Crippen molar-refractivity contribution in [2.75, 3.05) is 20.1 Å². The Morgan fingerprint density at radius 2 is 2.00 bits per heavy atom. The van der Waals surface area contributed by atoms with Gasteiger partial charge in [0.25, 0.3) is 0 Å². The summed E-state index contributed by atoms with van der Waals surface area (Å²) in [5.41, 5.74) is 9.43. The lowest BCUT2D eigenvalue weighted by molar-refractivity contribution is 0.0727. The quantitative estimate of drug-likeness (QED) is 0.899. The third kappa shape index (κ3) is 2.44. The van der Waals surface area contributed by atoms with Crippen LogP contribution in [-0.4, -0.2) is 30.6 Å². The fourth-order valence-corrected chi connectivity index (χ4v) is 3.70. The highest BCUT2D eigenvalue weighted by Crippen LogP contribution is 2.35. The van der Waals surface area contributed by atoms with Crippen molar-refractivity contribution in [1.29, 1.82) is 0 Å². The molecule has 19 heavy (non-hydrogen) atoms. The molecule has 0 aliphatic heterocycles. The Morgan fingerprint density at radius 3 is 2.63 bits per heavy atom. The van der Waals surface area contributed by atoms with Gasteiger partial charge in [-0.25, -0.2) is 0 Å². The minimum Gasteiger partial charge on any atom is -0.329 e. The Labute approximate surface area is 117 Å². The predicted octanol–water partition coefficient (Wildman–Crippen LogP) is 2.60. The van der Waals surface area contributed by atoms with Crippen LogP contribution in [-0.2, 0) is 12.8 Å². The largest absolute Gasteiger partial charge is 0.329 e. The third-order valence-corrected chi connectivity index (χ3v) is 5.44. The summed E-state index contributed by atoms with van der Waals surface area (Å²) in [7, 11) is 2.29. The Bertz CT molecular complexity index is 439. The van der Waals surface area contributed by atoms with E-state index in [-0.39, 0.29) is 5.54 Å². The zero-order valence-electron chi connectivity index (χ0n) is 12.1. The average molecular weight is 258 g/mol. The van der Waals surface area contributed by atoms with E-state index in [9.17, 15) is 0 Å². The number of fused-ring (bicyclic) bond motifs is 1. The molecule has 1 aromatic carbocycles. The number of likely N-dealkylation sites (N-methyl/N-ethyl adjacent to an activating group) is 1. The molecule has 0 bridgehead atoms. The van der Waals surface area contributed by atoms with Gasteiger partial charge in [-0.15, -0.1) is 0 Å². The van der Waals surface area contributed by atoms with Crippen molar-refractivity contribution in [3.8, 4) is 0 Å². The monoisotopic (exact) mass is 258 g/mol. The molecule has 104 valence electrons. The van der Waals surface area contributed by atoms with Gasteiger partial charge in [-0.3, -0.25) is 4.90 Å². The summed E-state index contributed by atoms with van der Waals surface area (Å²) in [4.78, 5) is 2.58. The van der Waals surface area contributed by atoms with E-state index in [2.05, 4.69) is 36.2 Å². The first-order chi connectivity index (χ1) is 9.23. The van der Waals surface area contributed by atoms with Crippen molar-refractivity contribution in [3.05, 3.63) is 35.4 Å².